The second-order valence-electron chi connectivity index (χ2n) is 9.60. The zero-order chi connectivity index (χ0) is 24.2. The molecule has 1 amide bonds. The van der Waals surface area contributed by atoms with Crippen LogP contribution in [0.2, 0.25) is 0 Å². The van der Waals surface area contributed by atoms with Crippen molar-refractivity contribution >= 4 is 15.9 Å². The topological polar surface area (TPSA) is 66.5 Å². The largest absolute Gasteiger partial charge is 0.334 e. The van der Waals surface area contributed by atoms with Crippen LogP contribution in [0.15, 0.2) is 36.4 Å². The molecule has 0 aromatic heterocycles. The average Bonchev–Trinajstić information content (AvgIpc) is 3.45. The van der Waals surface area contributed by atoms with Gasteiger partial charge in [-0.3, -0.25) is 4.79 Å². The molecule has 1 aliphatic heterocycles. The molecule has 182 valence electrons. The monoisotopic (exact) mass is 492 g/mol. The maximum Gasteiger partial charge on any atom is 0.226 e. The molecule has 9 heteroatoms. The molecular weight excluding hydrogens is 465 g/mol. The van der Waals surface area contributed by atoms with Gasteiger partial charge in [-0.25, -0.2) is 26.3 Å². The van der Waals surface area contributed by atoms with Crippen LogP contribution in [0.25, 0.3) is 11.1 Å². The highest BCUT2D eigenvalue weighted by atomic mass is 32.2. The van der Waals surface area contributed by atoms with E-state index in [1.807, 2.05) is 0 Å². The predicted molar refractivity (Wildman–Crippen MR) is 122 cm³/mol. The third kappa shape index (κ3) is 4.24. The standard InChI is InChI=1S/C25H27F3N2O3S/c1-2-34(32,33)29-24-20-13-21(20)30(25(31)14-5-3-6-14)22(24)11-15-7-4-8-19(23(15)28)16-9-17(26)12-18(27)10-16/h4,7-10,12,14,20-22,24,29H,2-3,5-6,11,13H2,1H3/t20-,21+,22+,24+/m0/s1. The number of carbonyl (C=O) groups excluding carboxylic acids is 1. The molecular formula is C25H27F3N2O3S. The minimum atomic E-state index is -3.53. The van der Waals surface area contributed by atoms with Crippen LogP contribution in [0.1, 0.15) is 38.2 Å². The molecule has 5 nitrogen and oxygen atoms in total. The number of sulfonamides is 1. The Hall–Kier alpha value is -2.39. The predicted octanol–water partition coefficient (Wildman–Crippen LogP) is 4.02. The number of halogens is 3. The van der Waals surface area contributed by atoms with Crippen LogP contribution in [0.3, 0.4) is 0 Å². The summed E-state index contributed by atoms with van der Waals surface area (Å²) < 4.78 is 70.7. The van der Waals surface area contributed by atoms with Crippen molar-refractivity contribution in [3.8, 4) is 11.1 Å². The fourth-order valence-electron chi connectivity index (χ4n) is 5.38. The van der Waals surface area contributed by atoms with Crippen molar-refractivity contribution in [3.63, 3.8) is 0 Å². The Kier molecular flexibility index (Phi) is 5.96. The molecule has 2 aromatic rings. The first-order valence-corrected chi connectivity index (χ1v) is 13.4. The molecule has 5 rings (SSSR count). The second kappa shape index (κ2) is 8.68. The van der Waals surface area contributed by atoms with E-state index in [1.165, 1.54) is 6.07 Å². The van der Waals surface area contributed by atoms with Crippen LogP contribution in [-0.2, 0) is 21.2 Å². The first kappa shape index (κ1) is 23.4. The smallest absolute Gasteiger partial charge is 0.226 e. The first-order chi connectivity index (χ1) is 16.2. The Bertz CT molecular complexity index is 1210. The summed E-state index contributed by atoms with van der Waals surface area (Å²) in [4.78, 5) is 15.1. The molecule has 1 N–H and O–H groups in total. The summed E-state index contributed by atoms with van der Waals surface area (Å²) in [6.07, 6.45) is 3.48. The summed E-state index contributed by atoms with van der Waals surface area (Å²) in [7, 11) is -3.53. The van der Waals surface area contributed by atoms with E-state index < -0.39 is 39.6 Å². The van der Waals surface area contributed by atoms with Gasteiger partial charge in [0.05, 0.1) is 11.8 Å². The maximum atomic E-state index is 15.6. The zero-order valence-corrected chi connectivity index (χ0v) is 19.6. The Morgan fingerprint density at radius 2 is 1.82 bits per heavy atom. The maximum absolute atomic E-state index is 15.6. The lowest BCUT2D eigenvalue weighted by Crippen LogP contribution is -2.53. The minimum Gasteiger partial charge on any atom is -0.334 e. The summed E-state index contributed by atoms with van der Waals surface area (Å²) in [5.74, 6) is -2.34. The molecule has 34 heavy (non-hydrogen) atoms. The lowest BCUT2D eigenvalue weighted by atomic mass is 9.83. The molecule has 2 aromatic carbocycles. The fraction of sp³-hybridized carbons (Fsp3) is 0.480. The van der Waals surface area contributed by atoms with Crippen molar-refractivity contribution in [2.24, 2.45) is 11.8 Å². The third-order valence-corrected chi connectivity index (χ3v) is 8.87. The summed E-state index contributed by atoms with van der Waals surface area (Å²) in [6.45, 7) is 1.55. The Morgan fingerprint density at radius 1 is 1.12 bits per heavy atom. The van der Waals surface area contributed by atoms with Crippen LogP contribution in [0.4, 0.5) is 13.2 Å². The van der Waals surface area contributed by atoms with E-state index >= 15 is 4.39 Å². The normalized spacial score (nSPS) is 26.3. The van der Waals surface area contributed by atoms with Crippen molar-refractivity contribution in [1.29, 1.82) is 0 Å². The molecule has 2 saturated carbocycles. The van der Waals surface area contributed by atoms with Gasteiger partial charge in [-0.1, -0.05) is 24.6 Å². The van der Waals surface area contributed by atoms with Gasteiger partial charge in [-0.05, 0) is 61.8 Å². The Balaban J connectivity index is 1.49. The van der Waals surface area contributed by atoms with Crippen LogP contribution < -0.4 is 4.72 Å². The molecule has 1 heterocycles. The van der Waals surface area contributed by atoms with E-state index in [2.05, 4.69) is 4.72 Å². The van der Waals surface area contributed by atoms with Gasteiger partial charge in [-0.15, -0.1) is 0 Å². The van der Waals surface area contributed by atoms with Crippen molar-refractivity contribution in [3.05, 3.63) is 59.4 Å². The summed E-state index contributed by atoms with van der Waals surface area (Å²) in [5.41, 5.74) is 0.416. The van der Waals surface area contributed by atoms with E-state index in [0.29, 0.717) is 0 Å². The van der Waals surface area contributed by atoms with Crippen LogP contribution in [0, 0.1) is 29.3 Å². The number of benzene rings is 2. The van der Waals surface area contributed by atoms with Crippen LogP contribution in [0.5, 0.6) is 0 Å². The number of piperidine rings is 1. The van der Waals surface area contributed by atoms with Crippen LogP contribution in [-0.4, -0.2) is 43.1 Å². The molecule has 4 atom stereocenters. The number of rotatable bonds is 7. The van der Waals surface area contributed by atoms with Crippen molar-refractivity contribution in [1.82, 2.24) is 9.62 Å². The third-order valence-electron chi connectivity index (χ3n) is 7.48. The van der Waals surface area contributed by atoms with Crippen LogP contribution >= 0.6 is 0 Å². The number of hydrogen-bond acceptors (Lipinski definition) is 3. The number of amides is 1. The molecule has 0 unspecified atom stereocenters. The highest BCUT2D eigenvalue weighted by molar-refractivity contribution is 7.89. The molecule has 3 aliphatic rings. The summed E-state index contributed by atoms with van der Waals surface area (Å²) >= 11 is 0. The van der Waals surface area contributed by atoms with Gasteiger partial charge in [0.1, 0.15) is 17.5 Å². The lowest BCUT2D eigenvalue weighted by Gasteiger charge is -2.37. The Labute approximate surface area is 197 Å². The highest BCUT2D eigenvalue weighted by Gasteiger charge is 2.61. The second-order valence-corrected chi connectivity index (χ2v) is 11.6. The van der Waals surface area contributed by atoms with Crippen molar-refractivity contribution in [2.75, 3.05) is 5.75 Å². The van der Waals surface area contributed by atoms with E-state index in [0.717, 1.165) is 43.9 Å². The van der Waals surface area contributed by atoms with Gasteiger partial charge >= 0.3 is 0 Å². The summed E-state index contributed by atoms with van der Waals surface area (Å²) in [6, 6.07) is 6.46. The molecule has 0 radical (unpaired) electrons. The summed E-state index contributed by atoms with van der Waals surface area (Å²) in [5, 5.41) is 0. The van der Waals surface area contributed by atoms with E-state index in [9.17, 15) is 22.0 Å². The number of fused-ring (bicyclic) bond motifs is 1. The van der Waals surface area contributed by atoms with Gasteiger partial charge in [0.15, 0.2) is 0 Å². The average molecular weight is 493 g/mol. The number of nitrogens with one attached hydrogen (secondary N) is 1. The first-order valence-electron chi connectivity index (χ1n) is 11.7. The van der Waals surface area contributed by atoms with E-state index in [-0.39, 0.29) is 52.6 Å². The fourth-order valence-corrected chi connectivity index (χ4v) is 6.29. The number of nitrogens with zero attached hydrogens (tertiary/aromatic N) is 1. The van der Waals surface area contributed by atoms with E-state index in [4.69, 9.17) is 0 Å². The van der Waals surface area contributed by atoms with Gasteiger partial charge in [0.25, 0.3) is 0 Å². The highest BCUT2D eigenvalue weighted by Crippen LogP contribution is 2.50. The molecule has 3 fully saturated rings. The number of carbonyl (C=O) groups is 1. The lowest BCUT2D eigenvalue weighted by molar-refractivity contribution is -0.140. The van der Waals surface area contributed by atoms with Gasteiger partial charge in [0, 0.05) is 29.6 Å². The van der Waals surface area contributed by atoms with Crippen molar-refractivity contribution in [2.45, 2.75) is 57.2 Å². The number of likely N-dealkylation sites (tertiary alicyclic amines) is 1. The van der Waals surface area contributed by atoms with E-state index in [1.54, 1.807) is 24.0 Å². The quantitative estimate of drug-likeness (QED) is 0.635. The SMILES string of the molecule is CCS(=O)(=O)N[C@@H]1[C@H]2C[C@H]2N(C(=O)C2CCC2)[C@@H]1Cc1cccc(-c2cc(F)cc(F)c2)c1F. The van der Waals surface area contributed by atoms with Crippen molar-refractivity contribution < 1.29 is 26.4 Å². The number of hydrogen-bond donors (Lipinski definition) is 1. The van der Waals surface area contributed by atoms with Gasteiger partial charge in [-0.2, -0.15) is 0 Å². The molecule has 0 bridgehead atoms. The molecule has 1 saturated heterocycles. The Morgan fingerprint density at radius 3 is 2.44 bits per heavy atom. The van der Waals surface area contributed by atoms with Gasteiger partial charge in [0.2, 0.25) is 15.9 Å². The molecule has 2 aliphatic carbocycles. The zero-order valence-electron chi connectivity index (χ0n) is 18.8. The minimum absolute atomic E-state index is 0.0129. The van der Waals surface area contributed by atoms with Gasteiger partial charge < -0.3 is 4.90 Å². The molecule has 0 spiro atoms.